The summed E-state index contributed by atoms with van der Waals surface area (Å²) < 4.78 is 2.59. The Morgan fingerprint density at radius 1 is 0.288 bits per heavy atom. The highest BCUT2D eigenvalue weighted by atomic mass is 32.1. The Morgan fingerprint density at radius 2 is 0.753 bits per heavy atom. The van der Waals surface area contributed by atoms with Gasteiger partial charge in [0.25, 0.3) is 0 Å². The van der Waals surface area contributed by atoms with Crippen LogP contribution in [0.5, 0.6) is 0 Å². The SMILES string of the molecule is CC1(C)c2ccccc2-c2cc(N(c3cccc(N(c4ccc(-c5ccccc5)cc4)c4cccc(C5(c6ccccc6)c6ccccc6-c6ccccc65)c4)c3)c3ccc4sc5ccccc5c4c3)ccc21. The number of nitrogens with zero attached hydrogens (tertiary/aromatic N) is 2. The van der Waals surface area contributed by atoms with Crippen molar-refractivity contribution in [1.29, 1.82) is 0 Å². The first-order chi connectivity index (χ1) is 35.9. The van der Waals surface area contributed by atoms with Gasteiger partial charge >= 0.3 is 0 Å². The van der Waals surface area contributed by atoms with Crippen molar-refractivity contribution in [2.24, 2.45) is 0 Å². The molecule has 3 heteroatoms. The topological polar surface area (TPSA) is 6.48 Å². The second-order valence-electron chi connectivity index (χ2n) is 20.0. The van der Waals surface area contributed by atoms with Crippen molar-refractivity contribution >= 4 is 65.6 Å². The molecule has 11 aromatic carbocycles. The molecule has 0 radical (unpaired) electrons. The molecule has 0 spiro atoms. The molecule has 0 atom stereocenters. The zero-order chi connectivity index (χ0) is 48.7. The number of rotatable bonds is 9. The lowest BCUT2D eigenvalue weighted by Gasteiger charge is -2.35. The second kappa shape index (κ2) is 16.9. The summed E-state index contributed by atoms with van der Waals surface area (Å²) in [6.07, 6.45) is 0. The maximum absolute atomic E-state index is 2.47. The fourth-order valence-corrected chi connectivity index (χ4v) is 13.5. The van der Waals surface area contributed by atoms with Gasteiger partial charge < -0.3 is 9.80 Å². The van der Waals surface area contributed by atoms with Crippen LogP contribution in [0.15, 0.2) is 267 Å². The average Bonchev–Trinajstić information content (AvgIpc) is 4.06. The van der Waals surface area contributed by atoms with Crippen molar-refractivity contribution in [2.45, 2.75) is 24.7 Å². The predicted octanol–water partition coefficient (Wildman–Crippen LogP) is 19.3. The van der Waals surface area contributed by atoms with E-state index in [4.69, 9.17) is 0 Å². The van der Waals surface area contributed by atoms with E-state index in [1.165, 1.54) is 86.9 Å². The molecule has 2 aliphatic carbocycles. The molecule has 1 aromatic heterocycles. The molecule has 1 heterocycles. The Kier molecular flexibility index (Phi) is 10.00. The van der Waals surface area contributed by atoms with Crippen LogP contribution in [0.2, 0.25) is 0 Å². The first-order valence-electron chi connectivity index (χ1n) is 25.3. The van der Waals surface area contributed by atoms with Crippen LogP contribution in [0, 0.1) is 0 Å². The van der Waals surface area contributed by atoms with Gasteiger partial charge in [-0.05, 0) is 146 Å². The summed E-state index contributed by atoms with van der Waals surface area (Å²) in [7, 11) is 0. The minimum Gasteiger partial charge on any atom is -0.310 e. The zero-order valence-electron chi connectivity index (χ0n) is 40.7. The van der Waals surface area contributed by atoms with Gasteiger partial charge in [-0.25, -0.2) is 0 Å². The van der Waals surface area contributed by atoms with Gasteiger partial charge in [0, 0.05) is 59.7 Å². The van der Waals surface area contributed by atoms with Crippen molar-refractivity contribution in [1.82, 2.24) is 0 Å². The standard InChI is InChI=1S/C70H50N2S/c1-69(2)63-31-13-9-29-59(63)61-45-55(39-41-64(61)69)72(56-40-42-68-62(46-56)60-30-12-16-34-67(60)73-68)54-26-18-25-53(44-54)71(51-37-35-48(36-38-51)47-19-5-3-6-20-47)52-24-17-23-50(43-52)70(49-21-7-4-8-22-49)65-32-14-10-27-57(65)58-28-11-15-33-66(58)70/h3-46H,1-2H3. The molecular weight excluding hydrogens is 901 g/mol. The van der Waals surface area contributed by atoms with E-state index in [-0.39, 0.29) is 5.41 Å². The summed E-state index contributed by atoms with van der Waals surface area (Å²) in [4.78, 5) is 4.91. The van der Waals surface area contributed by atoms with E-state index in [9.17, 15) is 0 Å². The quantitative estimate of drug-likeness (QED) is 0.142. The summed E-state index contributed by atoms with van der Waals surface area (Å²) in [6, 6.07) is 99.2. The lowest BCUT2D eigenvalue weighted by Crippen LogP contribution is -2.28. The Labute approximate surface area is 431 Å². The monoisotopic (exact) mass is 950 g/mol. The third kappa shape index (κ3) is 6.76. The summed E-state index contributed by atoms with van der Waals surface area (Å²) in [5.74, 6) is 0. The highest BCUT2D eigenvalue weighted by molar-refractivity contribution is 7.25. The smallest absolute Gasteiger partial charge is 0.0714 e. The van der Waals surface area contributed by atoms with Gasteiger partial charge in [0.15, 0.2) is 0 Å². The van der Waals surface area contributed by atoms with E-state index in [0.717, 1.165) is 34.1 Å². The summed E-state index contributed by atoms with van der Waals surface area (Å²) in [5, 5.41) is 2.56. The fraction of sp³-hybridized carbons (Fsp3) is 0.0571. The number of hydrogen-bond acceptors (Lipinski definition) is 3. The molecule has 2 nitrogen and oxygen atoms in total. The number of anilines is 6. The van der Waals surface area contributed by atoms with E-state index in [0.29, 0.717) is 0 Å². The molecule has 0 saturated heterocycles. The minimum atomic E-state index is -0.544. The van der Waals surface area contributed by atoms with Crippen LogP contribution < -0.4 is 9.80 Å². The van der Waals surface area contributed by atoms with Crippen molar-refractivity contribution in [3.8, 4) is 33.4 Å². The maximum atomic E-state index is 2.47. The lowest BCUT2D eigenvalue weighted by atomic mass is 9.67. The Morgan fingerprint density at radius 3 is 1.47 bits per heavy atom. The molecule has 0 amide bonds. The predicted molar refractivity (Wildman–Crippen MR) is 309 cm³/mol. The molecule has 0 saturated carbocycles. The highest BCUT2D eigenvalue weighted by Gasteiger charge is 2.46. The van der Waals surface area contributed by atoms with Crippen LogP contribution in [-0.4, -0.2) is 0 Å². The molecule has 0 bridgehead atoms. The molecule has 12 aromatic rings. The molecule has 73 heavy (non-hydrogen) atoms. The molecule has 0 aliphatic heterocycles. The van der Waals surface area contributed by atoms with Crippen molar-refractivity contribution < 1.29 is 0 Å². The Balaban J connectivity index is 0.980. The van der Waals surface area contributed by atoms with Crippen molar-refractivity contribution in [3.05, 3.63) is 300 Å². The normalized spacial score (nSPS) is 13.6. The number of benzene rings is 11. The van der Waals surface area contributed by atoms with Crippen molar-refractivity contribution in [3.63, 3.8) is 0 Å². The molecule has 2 aliphatic rings. The van der Waals surface area contributed by atoms with Crippen LogP contribution in [0.3, 0.4) is 0 Å². The maximum Gasteiger partial charge on any atom is 0.0714 e. The average molecular weight is 951 g/mol. The van der Waals surface area contributed by atoms with Crippen LogP contribution in [0.1, 0.15) is 47.2 Å². The van der Waals surface area contributed by atoms with E-state index < -0.39 is 5.41 Å². The third-order valence-electron chi connectivity index (χ3n) is 15.7. The molecule has 0 N–H and O–H groups in total. The minimum absolute atomic E-state index is 0.101. The molecule has 346 valence electrons. The van der Waals surface area contributed by atoms with Crippen molar-refractivity contribution in [2.75, 3.05) is 9.80 Å². The van der Waals surface area contributed by atoms with Gasteiger partial charge in [-0.1, -0.05) is 202 Å². The second-order valence-corrected chi connectivity index (χ2v) is 21.1. The first-order valence-corrected chi connectivity index (χ1v) is 26.1. The summed E-state index contributed by atoms with van der Waals surface area (Å²) in [5.41, 5.74) is 21.2. The fourth-order valence-electron chi connectivity index (χ4n) is 12.4. The van der Waals surface area contributed by atoms with Gasteiger partial charge in [-0.2, -0.15) is 0 Å². The third-order valence-corrected chi connectivity index (χ3v) is 16.9. The van der Waals surface area contributed by atoms with E-state index in [2.05, 4.69) is 291 Å². The van der Waals surface area contributed by atoms with Crippen LogP contribution in [0.25, 0.3) is 53.6 Å². The summed E-state index contributed by atoms with van der Waals surface area (Å²) in [6.45, 7) is 4.71. The number of hydrogen-bond donors (Lipinski definition) is 0. The van der Waals surface area contributed by atoms with Crippen LogP contribution >= 0.6 is 11.3 Å². The number of thiophene rings is 1. The van der Waals surface area contributed by atoms with Crippen LogP contribution in [0.4, 0.5) is 34.1 Å². The zero-order valence-corrected chi connectivity index (χ0v) is 41.5. The van der Waals surface area contributed by atoms with Gasteiger partial charge in [-0.15, -0.1) is 11.3 Å². The number of fused-ring (bicyclic) bond motifs is 9. The van der Waals surface area contributed by atoms with E-state index in [1.54, 1.807) is 0 Å². The van der Waals surface area contributed by atoms with Gasteiger partial charge in [0.05, 0.1) is 5.41 Å². The molecular formula is C70H50N2S. The molecule has 0 fully saturated rings. The molecule has 14 rings (SSSR count). The summed E-state index contributed by atoms with van der Waals surface area (Å²) >= 11 is 1.86. The van der Waals surface area contributed by atoms with E-state index >= 15 is 0 Å². The van der Waals surface area contributed by atoms with Crippen LogP contribution in [-0.2, 0) is 10.8 Å². The molecule has 0 unspecified atom stereocenters. The lowest BCUT2D eigenvalue weighted by molar-refractivity contribution is 0.660. The Hall–Kier alpha value is -8.76. The van der Waals surface area contributed by atoms with Gasteiger partial charge in [-0.3, -0.25) is 0 Å². The highest BCUT2D eigenvalue weighted by Crippen LogP contribution is 2.57. The van der Waals surface area contributed by atoms with Gasteiger partial charge in [0.2, 0.25) is 0 Å². The van der Waals surface area contributed by atoms with E-state index in [1.807, 2.05) is 11.3 Å². The first kappa shape index (κ1) is 43.1. The largest absolute Gasteiger partial charge is 0.310 e. The Bertz CT molecular complexity index is 4030. The van der Waals surface area contributed by atoms with Gasteiger partial charge in [0.1, 0.15) is 0 Å².